The molecule has 0 radical (unpaired) electrons. The number of benzene rings is 3. The van der Waals surface area contributed by atoms with Crippen LogP contribution in [-0.4, -0.2) is 23.8 Å². The van der Waals surface area contributed by atoms with Crippen LogP contribution in [-0.2, 0) is 16.0 Å². The van der Waals surface area contributed by atoms with Gasteiger partial charge in [0.25, 0.3) is 0 Å². The minimum absolute atomic E-state index is 0.125. The lowest BCUT2D eigenvalue weighted by molar-refractivity contribution is -0.188. The van der Waals surface area contributed by atoms with Gasteiger partial charge in [-0.3, -0.25) is 4.79 Å². The maximum Gasteiger partial charge on any atom is 0.315 e. The van der Waals surface area contributed by atoms with Gasteiger partial charge in [-0.25, -0.2) is 0 Å². The summed E-state index contributed by atoms with van der Waals surface area (Å²) in [4.78, 5) is 11.3. The van der Waals surface area contributed by atoms with Crippen molar-refractivity contribution >= 4 is 27.5 Å². The number of hydrogen-bond acceptors (Lipinski definition) is 3. The van der Waals surface area contributed by atoms with Gasteiger partial charge in [0.1, 0.15) is 12.0 Å². The number of aliphatic hydroxyl groups is 1. The van der Waals surface area contributed by atoms with Crippen molar-refractivity contribution in [1.82, 2.24) is 0 Å². The monoisotopic (exact) mass is 306 g/mol. The van der Waals surface area contributed by atoms with E-state index in [1.165, 1.54) is 27.1 Å². The third-order valence-electron chi connectivity index (χ3n) is 4.78. The SMILES string of the molecule is O=C1O[C@@H](CCc2c3ccccc3cc3ccccc23)[C@@H]1CO. The number of carbonyl (C=O) groups is 1. The summed E-state index contributed by atoms with van der Waals surface area (Å²) in [6, 6.07) is 19.0. The number of hydrogen-bond donors (Lipinski definition) is 1. The van der Waals surface area contributed by atoms with Crippen LogP contribution in [0.5, 0.6) is 0 Å². The zero-order valence-electron chi connectivity index (χ0n) is 12.7. The first-order chi connectivity index (χ1) is 11.3. The average Bonchev–Trinajstić information content (AvgIpc) is 2.57. The number of aliphatic hydroxyl groups excluding tert-OH is 1. The molecule has 3 aromatic rings. The molecule has 0 spiro atoms. The average molecular weight is 306 g/mol. The number of carbonyl (C=O) groups excluding carboxylic acids is 1. The van der Waals surface area contributed by atoms with Crippen molar-refractivity contribution in [2.24, 2.45) is 5.92 Å². The quantitative estimate of drug-likeness (QED) is 0.593. The Morgan fingerprint density at radius 1 is 0.957 bits per heavy atom. The zero-order valence-corrected chi connectivity index (χ0v) is 12.7. The largest absolute Gasteiger partial charge is 0.461 e. The van der Waals surface area contributed by atoms with E-state index in [1.54, 1.807) is 0 Å². The van der Waals surface area contributed by atoms with Gasteiger partial charge in [-0.2, -0.15) is 0 Å². The van der Waals surface area contributed by atoms with Gasteiger partial charge in [-0.05, 0) is 46.0 Å². The molecule has 0 saturated carbocycles. The van der Waals surface area contributed by atoms with Crippen molar-refractivity contribution in [3.8, 4) is 0 Å². The number of fused-ring (bicyclic) bond motifs is 2. The Bertz CT molecular complexity index is 830. The van der Waals surface area contributed by atoms with Crippen molar-refractivity contribution in [3.05, 3.63) is 60.2 Å². The van der Waals surface area contributed by atoms with E-state index >= 15 is 0 Å². The van der Waals surface area contributed by atoms with Crippen LogP contribution in [0.25, 0.3) is 21.5 Å². The topological polar surface area (TPSA) is 46.5 Å². The van der Waals surface area contributed by atoms with Crippen LogP contribution >= 0.6 is 0 Å². The highest BCUT2D eigenvalue weighted by atomic mass is 16.6. The van der Waals surface area contributed by atoms with Crippen molar-refractivity contribution in [2.45, 2.75) is 18.9 Å². The molecule has 23 heavy (non-hydrogen) atoms. The molecule has 2 atom stereocenters. The Morgan fingerprint density at radius 2 is 1.57 bits per heavy atom. The maximum absolute atomic E-state index is 11.3. The summed E-state index contributed by atoms with van der Waals surface area (Å²) in [6.45, 7) is -0.125. The third kappa shape index (κ3) is 2.37. The van der Waals surface area contributed by atoms with Gasteiger partial charge in [0.05, 0.1) is 6.61 Å². The molecule has 0 bridgehead atoms. The lowest BCUT2D eigenvalue weighted by Crippen LogP contribution is -2.47. The second-order valence-electron chi connectivity index (χ2n) is 6.10. The third-order valence-corrected chi connectivity index (χ3v) is 4.78. The van der Waals surface area contributed by atoms with Gasteiger partial charge >= 0.3 is 5.97 Å². The van der Waals surface area contributed by atoms with Crippen LogP contribution in [0.15, 0.2) is 54.6 Å². The molecular weight excluding hydrogens is 288 g/mol. The molecule has 0 amide bonds. The Morgan fingerprint density at radius 3 is 2.13 bits per heavy atom. The van der Waals surface area contributed by atoms with Gasteiger partial charge in [0, 0.05) is 0 Å². The molecule has 1 aliphatic heterocycles. The molecule has 1 heterocycles. The number of rotatable bonds is 4. The summed E-state index contributed by atoms with van der Waals surface area (Å²) in [5, 5.41) is 14.2. The van der Waals surface area contributed by atoms with E-state index in [-0.39, 0.29) is 24.6 Å². The molecule has 1 N–H and O–H groups in total. The summed E-state index contributed by atoms with van der Waals surface area (Å²) in [5.74, 6) is -0.628. The lowest BCUT2D eigenvalue weighted by atomic mass is 9.89. The molecule has 1 saturated heterocycles. The van der Waals surface area contributed by atoms with Crippen LogP contribution < -0.4 is 0 Å². The second-order valence-corrected chi connectivity index (χ2v) is 6.10. The van der Waals surface area contributed by atoms with Crippen molar-refractivity contribution < 1.29 is 14.6 Å². The van der Waals surface area contributed by atoms with Gasteiger partial charge in [0.2, 0.25) is 0 Å². The first-order valence-electron chi connectivity index (χ1n) is 7.98. The summed E-state index contributed by atoms with van der Waals surface area (Å²) in [6.07, 6.45) is 1.41. The van der Waals surface area contributed by atoms with Crippen LogP contribution in [0.1, 0.15) is 12.0 Å². The van der Waals surface area contributed by atoms with Crippen molar-refractivity contribution in [3.63, 3.8) is 0 Å². The Labute approximate surface area is 134 Å². The molecule has 0 aliphatic carbocycles. The highest BCUT2D eigenvalue weighted by Crippen LogP contribution is 2.32. The lowest BCUT2D eigenvalue weighted by Gasteiger charge is -2.34. The molecule has 4 rings (SSSR count). The molecule has 3 heteroatoms. The summed E-state index contributed by atoms with van der Waals surface area (Å²) >= 11 is 0. The number of ether oxygens (including phenoxy) is 1. The fourth-order valence-corrected chi connectivity index (χ4v) is 3.51. The van der Waals surface area contributed by atoms with Crippen LogP contribution in [0.3, 0.4) is 0 Å². The molecule has 0 unspecified atom stereocenters. The van der Waals surface area contributed by atoms with Crippen LogP contribution in [0.4, 0.5) is 0 Å². The second kappa shape index (κ2) is 5.67. The summed E-state index contributed by atoms with van der Waals surface area (Å²) in [7, 11) is 0. The highest BCUT2D eigenvalue weighted by molar-refractivity contribution is 6.02. The van der Waals surface area contributed by atoms with Crippen molar-refractivity contribution in [1.29, 1.82) is 0 Å². The minimum atomic E-state index is -0.351. The van der Waals surface area contributed by atoms with Gasteiger partial charge in [-0.1, -0.05) is 48.5 Å². The standard InChI is InChI=1S/C20H18O3/c21-12-18-19(23-20(18)22)10-9-17-15-7-3-1-5-13(15)11-14-6-2-4-8-16(14)17/h1-8,11,18-19,21H,9-10,12H2/t18-,19-/m0/s1. The molecular formula is C20H18O3. The number of aryl methyl sites for hydroxylation is 1. The highest BCUT2D eigenvalue weighted by Gasteiger charge is 2.41. The Balaban J connectivity index is 1.73. The van der Waals surface area contributed by atoms with Gasteiger partial charge in [-0.15, -0.1) is 0 Å². The van der Waals surface area contributed by atoms with E-state index in [0.29, 0.717) is 0 Å². The van der Waals surface area contributed by atoms with Gasteiger partial charge < -0.3 is 9.84 Å². The molecule has 3 aromatic carbocycles. The molecule has 1 aliphatic rings. The fraction of sp³-hybridized carbons (Fsp3) is 0.250. The number of esters is 1. The normalized spacial score (nSPS) is 20.5. The molecule has 3 nitrogen and oxygen atoms in total. The smallest absolute Gasteiger partial charge is 0.315 e. The van der Waals surface area contributed by atoms with Crippen LogP contribution in [0, 0.1) is 5.92 Å². The minimum Gasteiger partial charge on any atom is -0.461 e. The predicted octanol–water partition coefficient (Wildman–Crippen LogP) is 3.46. The maximum atomic E-state index is 11.3. The zero-order chi connectivity index (χ0) is 15.8. The summed E-state index contributed by atoms with van der Waals surface area (Å²) < 4.78 is 5.19. The Hall–Kier alpha value is -2.39. The molecule has 0 aromatic heterocycles. The fourth-order valence-electron chi connectivity index (χ4n) is 3.51. The van der Waals surface area contributed by atoms with Gasteiger partial charge in [0.15, 0.2) is 0 Å². The van der Waals surface area contributed by atoms with E-state index in [9.17, 15) is 9.90 Å². The number of cyclic esters (lactones) is 1. The van der Waals surface area contributed by atoms with E-state index in [2.05, 4.69) is 54.6 Å². The van der Waals surface area contributed by atoms with E-state index in [4.69, 9.17) is 4.74 Å². The molecule has 116 valence electrons. The molecule has 1 fully saturated rings. The van der Waals surface area contributed by atoms with E-state index in [0.717, 1.165) is 12.8 Å². The summed E-state index contributed by atoms with van der Waals surface area (Å²) in [5.41, 5.74) is 1.29. The van der Waals surface area contributed by atoms with E-state index < -0.39 is 0 Å². The van der Waals surface area contributed by atoms with Crippen LogP contribution in [0.2, 0.25) is 0 Å². The first kappa shape index (κ1) is 14.2. The Kier molecular flexibility index (Phi) is 3.50. The predicted molar refractivity (Wildman–Crippen MR) is 90.2 cm³/mol. The van der Waals surface area contributed by atoms with E-state index in [1.807, 2.05) is 0 Å². The van der Waals surface area contributed by atoms with Crippen molar-refractivity contribution in [2.75, 3.05) is 6.61 Å². The first-order valence-corrected chi connectivity index (χ1v) is 7.98.